The number of fused-ring (bicyclic) bond motifs is 3. The molecule has 112 valence electrons. The average molecular weight is 305 g/mol. The number of hydrogen-bond donors (Lipinski definition) is 2. The Morgan fingerprint density at radius 3 is 3.05 bits per heavy atom. The Kier molecular flexibility index (Phi) is 3.94. The van der Waals surface area contributed by atoms with E-state index < -0.39 is 0 Å². The van der Waals surface area contributed by atoms with E-state index in [1.807, 2.05) is 12.1 Å². The quantitative estimate of drug-likeness (QED) is 0.889. The van der Waals surface area contributed by atoms with Crippen LogP contribution in [0, 0.1) is 5.92 Å². The number of carbonyl (C=O) groups excluding carboxylic acids is 1. The highest BCUT2D eigenvalue weighted by Crippen LogP contribution is 2.30. The molecule has 4 heteroatoms. The van der Waals surface area contributed by atoms with Crippen molar-refractivity contribution >= 4 is 28.4 Å². The number of amides is 1. The monoisotopic (exact) mass is 304 g/mol. The number of nitrogens with one attached hydrogen (secondary N) is 2. The SMILES string of the molecule is CC(C)CC(=O)NC1CCc2[nH]c3cc(Cl)ccc3c2C1. The largest absolute Gasteiger partial charge is 0.358 e. The van der Waals surface area contributed by atoms with Crippen LogP contribution < -0.4 is 5.32 Å². The Morgan fingerprint density at radius 2 is 2.29 bits per heavy atom. The molecule has 2 N–H and O–H groups in total. The normalized spacial score (nSPS) is 18.0. The van der Waals surface area contributed by atoms with Gasteiger partial charge in [-0.05, 0) is 42.9 Å². The lowest BCUT2D eigenvalue weighted by Gasteiger charge is -2.24. The molecule has 1 amide bonds. The zero-order valence-electron chi connectivity index (χ0n) is 12.5. The predicted octanol–water partition coefficient (Wildman–Crippen LogP) is 3.84. The molecule has 0 radical (unpaired) electrons. The van der Waals surface area contributed by atoms with Gasteiger partial charge in [0, 0.05) is 34.1 Å². The van der Waals surface area contributed by atoms with Crippen molar-refractivity contribution in [2.24, 2.45) is 5.92 Å². The second kappa shape index (κ2) is 5.72. The summed E-state index contributed by atoms with van der Waals surface area (Å²) in [5.41, 5.74) is 3.73. The van der Waals surface area contributed by atoms with E-state index >= 15 is 0 Å². The topological polar surface area (TPSA) is 44.9 Å². The zero-order chi connectivity index (χ0) is 15.0. The number of hydrogen-bond acceptors (Lipinski definition) is 1. The van der Waals surface area contributed by atoms with Gasteiger partial charge in [-0.2, -0.15) is 0 Å². The van der Waals surface area contributed by atoms with Crippen molar-refractivity contribution in [2.75, 3.05) is 0 Å². The van der Waals surface area contributed by atoms with E-state index in [4.69, 9.17) is 11.6 Å². The maximum Gasteiger partial charge on any atom is 0.220 e. The van der Waals surface area contributed by atoms with Gasteiger partial charge in [0.2, 0.25) is 5.91 Å². The molecule has 1 aliphatic carbocycles. The molecular formula is C17H21ClN2O. The van der Waals surface area contributed by atoms with Crippen molar-refractivity contribution in [2.45, 2.75) is 45.6 Å². The second-order valence-corrected chi connectivity index (χ2v) is 6.81. The molecule has 0 bridgehead atoms. The lowest BCUT2D eigenvalue weighted by atomic mass is 9.91. The van der Waals surface area contributed by atoms with Crippen LogP contribution in [0.15, 0.2) is 18.2 Å². The van der Waals surface area contributed by atoms with Crippen molar-refractivity contribution in [3.05, 3.63) is 34.5 Å². The van der Waals surface area contributed by atoms with Gasteiger partial charge in [-0.15, -0.1) is 0 Å². The van der Waals surface area contributed by atoms with Crippen LogP contribution >= 0.6 is 11.6 Å². The standard InChI is InChI=1S/C17H21ClN2O/c1-10(2)7-17(21)19-12-4-6-15-14(9-12)13-5-3-11(18)8-16(13)20-15/h3,5,8,10,12,20H,4,6-7,9H2,1-2H3,(H,19,21). The van der Waals surface area contributed by atoms with E-state index in [1.165, 1.54) is 16.6 Å². The first-order valence-electron chi connectivity index (χ1n) is 7.61. The van der Waals surface area contributed by atoms with Gasteiger partial charge in [-0.3, -0.25) is 4.79 Å². The summed E-state index contributed by atoms with van der Waals surface area (Å²) in [5.74, 6) is 0.570. The van der Waals surface area contributed by atoms with Gasteiger partial charge in [0.05, 0.1) is 0 Å². The fraction of sp³-hybridized carbons (Fsp3) is 0.471. The van der Waals surface area contributed by atoms with Crippen molar-refractivity contribution in [1.82, 2.24) is 10.3 Å². The van der Waals surface area contributed by atoms with Crippen molar-refractivity contribution in [1.29, 1.82) is 0 Å². The Morgan fingerprint density at radius 1 is 1.48 bits per heavy atom. The van der Waals surface area contributed by atoms with Gasteiger partial charge in [0.15, 0.2) is 0 Å². The molecule has 1 atom stereocenters. The van der Waals surface area contributed by atoms with Crippen molar-refractivity contribution < 1.29 is 4.79 Å². The molecule has 1 heterocycles. The second-order valence-electron chi connectivity index (χ2n) is 6.38. The fourth-order valence-electron chi connectivity index (χ4n) is 3.18. The van der Waals surface area contributed by atoms with Gasteiger partial charge in [0.25, 0.3) is 0 Å². The highest BCUT2D eigenvalue weighted by Gasteiger charge is 2.23. The molecule has 1 aliphatic rings. The molecule has 0 saturated carbocycles. The number of halogens is 1. The van der Waals surface area contributed by atoms with E-state index in [0.29, 0.717) is 12.3 Å². The number of H-pyrrole nitrogens is 1. The van der Waals surface area contributed by atoms with Gasteiger partial charge in [0.1, 0.15) is 0 Å². The molecule has 0 saturated heterocycles. The number of aromatic nitrogens is 1. The third kappa shape index (κ3) is 3.08. The molecule has 1 aromatic carbocycles. The molecule has 0 aliphatic heterocycles. The third-order valence-electron chi connectivity index (χ3n) is 4.11. The Balaban J connectivity index is 1.78. The van der Waals surface area contributed by atoms with Crippen LogP contribution in [-0.2, 0) is 17.6 Å². The Labute approximate surface area is 130 Å². The van der Waals surface area contributed by atoms with Crippen LogP contribution in [0.4, 0.5) is 0 Å². The molecule has 0 spiro atoms. The van der Waals surface area contributed by atoms with Gasteiger partial charge in [-0.1, -0.05) is 31.5 Å². The maximum atomic E-state index is 11.9. The highest BCUT2D eigenvalue weighted by molar-refractivity contribution is 6.31. The lowest BCUT2D eigenvalue weighted by Crippen LogP contribution is -2.39. The number of aromatic amines is 1. The number of rotatable bonds is 3. The molecule has 3 nitrogen and oxygen atoms in total. The first kappa shape index (κ1) is 14.5. The maximum absolute atomic E-state index is 11.9. The number of carbonyl (C=O) groups is 1. The Bertz CT molecular complexity index is 675. The van der Waals surface area contributed by atoms with Gasteiger partial charge < -0.3 is 10.3 Å². The Hall–Kier alpha value is -1.48. The third-order valence-corrected chi connectivity index (χ3v) is 4.34. The summed E-state index contributed by atoms with van der Waals surface area (Å²) in [6.45, 7) is 4.14. The van der Waals surface area contributed by atoms with E-state index in [2.05, 4.69) is 30.2 Å². The number of aryl methyl sites for hydroxylation is 1. The van der Waals surface area contributed by atoms with E-state index in [1.54, 1.807) is 0 Å². The molecule has 2 aromatic rings. The molecule has 1 unspecified atom stereocenters. The smallest absolute Gasteiger partial charge is 0.220 e. The van der Waals surface area contributed by atoms with Gasteiger partial charge in [-0.25, -0.2) is 0 Å². The molecule has 21 heavy (non-hydrogen) atoms. The molecule has 0 fully saturated rings. The summed E-state index contributed by atoms with van der Waals surface area (Å²) >= 11 is 6.05. The summed E-state index contributed by atoms with van der Waals surface area (Å²) in [6.07, 6.45) is 3.49. The molecular weight excluding hydrogens is 284 g/mol. The van der Waals surface area contributed by atoms with Gasteiger partial charge >= 0.3 is 0 Å². The van der Waals surface area contributed by atoms with Crippen molar-refractivity contribution in [3.63, 3.8) is 0 Å². The minimum absolute atomic E-state index is 0.168. The minimum atomic E-state index is 0.168. The van der Waals surface area contributed by atoms with Crippen LogP contribution in [0.1, 0.15) is 37.9 Å². The first-order chi connectivity index (χ1) is 10.0. The summed E-state index contributed by atoms with van der Waals surface area (Å²) < 4.78 is 0. The summed E-state index contributed by atoms with van der Waals surface area (Å²) in [6, 6.07) is 6.23. The highest BCUT2D eigenvalue weighted by atomic mass is 35.5. The van der Waals surface area contributed by atoms with Crippen LogP contribution in [0.3, 0.4) is 0 Å². The van der Waals surface area contributed by atoms with E-state index in [-0.39, 0.29) is 11.9 Å². The van der Waals surface area contributed by atoms with Crippen molar-refractivity contribution in [3.8, 4) is 0 Å². The van der Waals surface area contributed by atoms with Crippen LogP contribution in [0.5, 0.6) is 0 Å². The number of benzene rings is 1. The first-order valence-corrected chi connectivity index (χ1v) is 7.99. The lowest BCUT2D eigenvalue weighted by molar-refractivity contribution is -0.122. The molecule has 1 aromatic heterocycles. The molecule has 3 rings (SSSR count). The minimum Gasteiger partial charge on any atom is -0.358 e. The summed E-state index contributed by atoms with van der Waals surface area (Å²) in [7, 11) is 0. The summed E-state index contributed by atoms with van der Waals surface area (Å²) in [5, 5.41) is 5.16. The predicted molar refractivity (Wildman–Crippen MR) is 86.7 cm³/mol. The van der Waals surface area contributed by atoms with E-state index in [0.717, 1.165) is 29.8 Å². The fourth-order valence-corrected chi connectivity index (χ4v) is 3.35. The van der Waals surface area contributed by atoms with Crippen LogP contribution in [0.2, 0.25) is 5.02 Å². The summed E-state index contributed by atoms with van der Waals surface area (Å²) in [4.78, 5) is 15.4. The zero-order valence-corrected chi connectivity index (χ0v) is 13.3. The van der Waals surface area contributed by atoms with Crippen LogP contribution in [0.25, 0.3) is 10.9 Å². The van der Waals surface area contributed by atoms with Crippen LogP contribution in [-0.4, -0.2) is 16.9 Å². The average Bonchev–Trinajstić information content (AvgIpc) is 2.74. The van der Waals surface area contributed by atoms with E-state index in [9.17, 15) is 4.79 Å².